The molecule has 2 nitrogen and oxygen atoms in total. The van der Waals surface area contributed by atoms with Gasteiger partial charge in [0.15, 0.2) is 0 Å². The zero-order valence-electron chi connectivity index (χ0n) is 12.9. The van der Waals surface area contributed by atoms with Crippen molar-refractivity contribution in [2.75, 3.05) is 11.5 Å². The van der Waals surface area contributed by atoms with E-state index < -0.39 is 0 Å². The Bertz CT molecular complexity index is 249. The molecular weight excluding hydrogens is 266 g/mol. The standard InChI is InChI=1S/C17H33NOS/c18-16(11-14-7-3-1-4-8-14)17(19)13-20-12-15-9-5-2-6-10-15/h14-17,19H,1-13,18H2. The highest BCUT2D eigenvalue weighted by molar-refractivity contribution is 7.99. The van der Waals surface area contributed by atoms with Gasteiger partial charge in [-0.1, -0.05) is 51.4 Å². The SMILES string of the molecule is NC(CC1CCCCC1)C(O)CSCC1CCCCC1. The van der Waals surface area contributed by atoms with Gasteiger partial charge in [0.25, 0.3) is 0 Å². The Kier molecular flexibility index (Phi) is 7.75. The Morgan fingerprint density at radius 1 is 0.900 bits per heavy atom. The molecule has 0 aromatic rings. The second kappa shape index (κ2) is 9.32. The van der Waals surface area contributed by atoms with Gasteiger partial charge in [-0.3, -0.25) is 0 Å². The van der Waals surface area contributed by atoms with E-state index in [0.29, 0.717) is 0 Å². The van der Waals surface area contributed by atoms with Gasteiger partial charge < -0.3 is 10.8 Å². The van der Waals surface area contributed by atoms with Crippen LogP contribution in [-0.2, 0) is 0 Å². The molecule has 0 aliphatic heterocycles. The first-order chi connectivity index (χ1) is 9.75. The van der Waals surface area contributed by atoms with E-state index in [4.69, 9.17) is 5.73 Å². The number of rotatable bonds is 7. The Balaban J connectivity index is 1.56. The summed E-state index contributed by atoms with van der Waals surface area (Å²) in [5.41, 5.74) is 6.20. The summed E-state index contributed by atoms with van der Waals surface area (Å²) in [5, 5.41) is 10.2. The number of aliphatic hydroxyl groups is 1. The van der Waals surface area contributed by atoms with Crippen LogP contribution in [0, 0.1) is 11.8 Å². The van der Waals surface area contributed by atoms with Crippen molar-refractivity contribution in [1.82, 2.24) is 0 Å². The average Bonchev–Trinajstić information content (AvgIpc) is 2.49. The van der Waals surface area contributed by atoms with Crippen LogP contribution in [0.1, 0.15) is 70.6 Å². The van der Waals surface area contributed by atoms with E-state index in [-0.39, 0.29) is 12.1 Å². The van der Waals surface area contributed by atoms with E-state index in [1.54, 1.807) is 0 Å². The molecule has 2 unspecified atom stereocenters. The fourth-order valence-electron chi connectivity index (χ4n) is 3.80. The van der Waals surface area contributed by atoms with Gasteiger partial charge in [-0.25, -0.2) is 0 Å². The molecule has 2 saturated carbocycles. The summed E-state index contributed by atoms with van der Waals surface area (Å²) in [7, 11) is 0. The molecule has 0 amide bonds. The zero-order chi connectivity index (χ0) is 14.2. The maximum atomic E-state index is 10.2. The van der Waals surface area contributed by atoms with E-state index >= 15 is 0 Å². The largest absolute Gasteiger partial charge is 0.391 e. The highest BCUT2D eigenvalue weighted by atomic mass is 32.2. The molecule has 0 saturated heterocycles. The molecule has 2 rings (SSSR count). The summed E-state index contributed by atoms with van der Waals surface area (Å²) in [6.45, 7) is 0. The number of hydrogen-bond acceptors (Lipinski definition) is 3. The van der Waals surface area contributed by atoms with Gasteiger partial charge in [-0.05, 0) is 36.9 Å². The minimum atomic E-state index is -0.300. The van der Waals surface area contributed by atoms with Crippen molar-refractivity contribution in [2.24, 2.45) is 17.6 Å². The summed E-state index contributed by atoms with van der Waals surface area (Å²) in [4.78, 5) is 0. The quantitative estimate of drug-likeness (QED) is 0.748. The lowest BCUT2D eigenvalue weighted by Crippen LogP contribution is -2.38. The van der Waals surface area contributed by atoms with Crippen LogP contribution in [0.15, 0.2) is 0 Å². The Morgan fingerprint density at radius 3 is 2.05 bits per heavy atom. The van der Waals surface area contributed by atoms with E-state index in [9.17, 15) is 5.11 Å². The van der Waals surface area contributed by atoms with Crippen LogP contribution < -0.4 is 5.73 Å². The van der Waals surface area contributed by atoms with Gasteiger partial charge >= 0.3 is 0 Å². The summed E-state index contributed by atoms with van der Waals surface area (Å²) in [5.74, 6) is 3.74. The molecule has 0 aromatic carbocycles. The van der Waals surface area contributed by atoms with Crippen LogP contribution in [0.4, 0.5) is 0 Å². The van der Waals surface area contributed by atoms with E-state index in [2.05, 4.69) is 0 Å². The minimum Gasteiger partial charge on any atom is -0.391 e. The molecule has 20 heavy (non-hydrogen) atoms. The summed E-state index contributed by atoms with van der Waals surface area (Å²) in [6.07, 6.45) is 14.6. The van der Waals surface area contributed by atoms with Gasteiger partial charge in [0.1, 0.15) is 0 Å². The van der Waals surface area contributed by atoms with Crippen molar-refractivity contribution in [1.29, 1.82) is 0 Å². The third-order valence-electron chi connectivity index (χ3n) is 5.19. The first-order valence-electron chi connectivity index (χ1n) is 8.77. The lowest BCUT2D eigenvalue weighted by atomic mass is 9.84. The third-order valence-corrected chi connectivity index (χ3v) is 6.48. The maximum Gasteiger partial charge on any atom is 0.0781 e. The molecule has 118 valence electrons. The highest BCUT2D eigenvalue weighted by Gasteiger charge is 2.22. The molecule has 0 bridgehead atoms. The Labute approximate surface area is 129 Å². The molecule has 2 atom stereocenters. The number of thioether (sulfide) groups is 1. The number of hydrogen-bond donors (Lipinski definition) is 2. The van der Waals surface area contributed by atoms with Crippen molar-refractivity contribution in [3.8, 4) is 0 Å². The highest BCUT2D eigenvalue weighted by Crippen LogP contribution is 2.29. The molecule has 0 radical (unpaired) electrons. The van der Waals surface area contributed by atoms with E-state index in [1.807, 2.05) is 11.8 Å². The predicted molar refractivity (Wildman–Crippen MR) is 89.1 cm³/mol. The van der Waals surface area contributed by atoms with E-state index in [0.717, 1.165) is 24.0 Å². The van der Waals surface area contributed by atoms with Crippen molar-refractivity contribution < 1.29 is 5.11 Å². The average molecular weight is 300 g/mol. The van der Waals surface area contributed by atoms with Crippen LogP contribution >= 0.6 is 11.8 Å². The molecule has 2 aliphatic carbocycles. The van der Waals surface area contributed by atoms with Crippen molar-refractivity contribution >= 4 is 11.8 Å². The fraction of sp³-hybridized carbons (Fsp3) is 1.00. The van der Waals surface area contributed by atoms with Gasteiger partial charge in [0.2, 0.25) is 0 Å². The smallest absolute Gasteiger partial charge is 0.0781 e. The van der Waals surface area contributed by atoms with E-state index in [1.165, 1.54) is 70.0 Å². The van der Waals surface area contributed by atoms with Gasteiger partial charge in [-0.15, -0.1) is 0 Å². The monoisotopic (exact) mass is 299 g/mol. The lowest BCUT2D eigenvalue weighted by molar-refractivity contribution is 0.147. The molecule has 0 heterocycles. The third kappa shape index (κ3) is 5.95. The fourth-order valence-corrected chi connectivity index (χ4v) is 5.09. The second-order valence-corrected chi connectivity index (χ2v) is 8.09. The van der Waals surface area contributed by atoms with Crippen LogP contribution in [0.3, 0.4) is 0 Å². The van der Waals surface area contributed by atoms with Crippen molar-refractivity contribution in [2.45, 2.75) is 82.8 Å². The van der Waals surface area contributed by atoms with Gasteiger partial charge in [-0.2, -0.15) is 11.8 Å². The van der Waals surface area contributed by atoms with Crippen LogP contribution in [0.5, 0.6) is 0 Å². The van der Waals surface area contributed by atoms with Crippen molar-refractivity contribution in [3.05, 3.63) is 0 Å². The normalized spacial score (nSPS) is 25.5. The second-order valence-electron chi connectivity index (χ2n) is 7.01. The molecule has 3 N–H and O–H groups in total. The molecule has 0 spiro atoms. The summed E-state index contributed by atoms with van der Waals surface area (Å²) >= 11 is 1.93. The predicted octanol–water partition coefficient (Wildman–Crippen LogP) is 3.96. The first-order valence-corrected chi connectivity index (χ1v) is 9.92. The maximum absolute atomic E-state index is 10.2. The van der Waals surface area contributed by atoms with Crippen molar-refractivity contribution in [3.63, 3.8) is 0 Å². The van der Waals surface area contributed by atoms with Crippen LogP contribution in [-0.4, -0.2) is 28.8 Å². The number of nitrogens with two attached hydrogens (primary N) is 1. The molecule has 2 aliphatic rings. The Morgan fingerprint density at radius 2 is 1.45 bits per heavy atom. The first kappa shape index (κ1) is 16.6. The number of aliphatic hydroxyl groups excluding tert-OH is 1. The molecule has 3 heteroatoms. The zero-order valence-corrected chi connectivity index (χ0v) is 13.8. The summed E-state index contributed by atoms with van der Waals surface area (Å²) < 4.78 is 0. The molecule has 0 aromatic heterocycles. The minimum absolute atomic E-state index is 0.00282. The van der Waals surface area contributed by atoms with Gasteiger partial charge in [0.05, 0.1) is 6.10 Å². The van der Waals surface area contributed by atoms with Crippen LogP contribution in [0.25, 0.3) is 0 Å². The summed E-state index contributed by atoms with van der Waals surface area (Å²) in [6, 6.07) is -0.00282. The lowest BCUT2D eigenvalue weighted by Gasteiger charge is -2.27. The topological polar surface area (TPSA) is 46.2 Å². The van der Waals surface area contributed by atoms with Gasteiger partial charge in [0, 0.05) is 11.8 Å². The Hall–Kier alpha value is 0.270. The van der Waals surface area contributed by atoms with Crippen LogP contribution in [0.2, 0.25) is 0 Å². The molecular formula is C17H33NOS. The molecule has 2 fully saturated rings.